The van der Waals surface area contributed by atoms with E-state index in [-0.39, 0.29) is 5.69 Å². The van der Waals surface area contributed by atoms with E-state index in [1.54, 1.807) is 30.7 Å². The van der Waals surface area contributed by atoms with Crippen LogP contribution in [0.25, 0.3) is 0 Å². The van der Waals surface area contributed by atoms with Crippen LogP contribution in [-0.2, 0) is 16.6 Å². The first-order chi connectivity index (χ1) is 12.7. The molecule has 142 valence electrons. The van der Waals surface area contributed by atoms with Gasteiger partial charge in [-0.1, -0.05) is 23.7 Å². The molecule has 0 amide bonds. The van der Waals surface area contributed by atoms with E-state index < -0.39 is 26.6 Å². The molecule has 0 radical (unpaired) electrons. The van der Waals surface area contributed by atoms with Gasteiger partial charge in [0.25, 0.3) is 10.0 Å². The van der Waals surface area contributed by atoms with Crippen LogP contribution in [0, 0.1) is 25.5 Å². The SMILES string of the molecule is Cc1nn(Cc2ccc(Cl)cc2)c(C)c1NS(=O)(=O)c1ccc(F)cc1F. The Kier molecular flexibility index (Phi) is 5.21. The largest absolute Gasteiger partial charge is 0.276 e. The molecule has 0 aliphatic carbocycles. The highest BCUT2D eigenvalue weighted by Gasteiger charge is 2.23. The van der Waals surface area contributed by atoms with Crippen molar-refractivity contribution in [3.63, 3.8) is 0 Å². The second kappa shape index (κ2) is 7.28. The zero-order valence-electron chi connectivity index (χ0n) is 14.5. The lowest BCUT2D eigenvalue weighted by atomic mass is 10.2. The minimum atomic E-state index is -4.23. The quantitative estimate of drug-likeness (QED) is 0.681. The molecular formula is C18H16ClF2N3O2S. The second-order valence-electron chi connectivity index (χ2n) is 6.01. The van der Waals surface area contributed by atoms with E-state index in [1.165, 1.54) is 0 Å². The highest BCUT2D eigenvalue weighted by atomic mass is 35.5. The Labute approximate surface area is 160 Å². The first-order valence-corrected chi connectivity index (χ1v) is 9.80. The van der Waals surface area contributed by atoms with Gasteiger partial charge in [-0.3, -0.25) is 9.40 Å². The van der Waals surface area contributed by atoms with Crippen molar-refractivity contribution in [2.45, 2.75) is 25.3 Å². The van der Waals surface area contributed by atoms with Crippen molar-refractivity contribution in [2.24, 2.45) is 0 Å². The van der Waals surface area contributed by atoms with Crippen LogP contribution in [0.1, 0.15) is 17.0 Å². The lowest BCUT2D eigenvalue weighted by Gasteiger charge is -2.10. The molecular weight excluding hydrogens is 396 g/mol. The summed E-state index contributed by atoms with van der Waals surface area (Å²) < 4.78 is 56.0. The Morgan fingerprint density at radius 2 is 1.78 bits per heavy atom. The number of hydrogen-bond acceptors (Lipinski definition) is 3. The van der Waals surface area contributed by atoms with Gasteiger partial charge in [0.15, 0.2) is 0 Å². The zero-order chi connectivity index (χ0) is 19.8. The second-order valence-corrected chi connectivity index (χ2v) is 8.10. The van der Waals surface area contributed by atoms with Crippen LogP contribution in [0.4, 0.5) is 14.5 Å². The van der Waals surface area contributed by atoms with Crippen LogP contribution in [0.5, 0.6) is 0 Å². The van der Waals surface area contributed by atoms with Gasteiger partial charge in [0.2, 0.25) is 0 Å². The average molecular weight is 412 g/mol. The van der Waals surface area contributed by atoms with Gasteiger partial charge >= 0.3 is 0 Å². The van der Waals surface area contributed by atoms with E-state index in [2.05, 4.69) is 9.82 Å². The number of rotatable bonds is 5. The molecule has 0 atom stereocenters. The van der Waals surface area contributed by atoms with Crippen molar-refractivity contribution in [1.29, 1.82) is 0 Å². The number of nitrogens with zero attached hydrogens (tertiary/aromatic N) is 2. The molecule has 1 aromatic heterocycles. The fraction of sp³-hybridized carbons (Fsp3) is 0.167. The third-order valence-electron chi connectivity index (χ3n) is 4.05. The molecule has 0 bridgehead atoms. The summed E-state index contributed by atoms with van der Waals surface area (Å²) in [6.07, 6.45) is 0. The van der Waals surface area contributed by atoms with Gasteiger partial charge in [0.1, 0.15) is 16.5 Å². The summed E-state index contributed by atoms with van der Waals surface area (Å²) in [4.78, 5) is -0.631. The van der Waals surface area contributed by atoms with Gasteiger partial charge in [-0.25, -0.2) is 17.2 Å². The number of aryl methyl sites for hydroxylation is 1. The average Bonchev–Trinajstić information content (AvgIpc) is 2.84. The number of nitrogens with one attached hydrogen (secondary N) is 1. The van der Waals surface area contributed by atoms with Gasteiger partial charge in [-0.05, 0) is 43.7 Å². The number of hydrogen-bond donors (Lipinski definition) is 1. The molecule has 0 spiro atoms. The molecule has 27 heavy (non-hydrogen) atoms. The van der Waals surface area contributed by atoms with Gasteiger partial charge in [0.05, 0.1) is 23.6 Å². The standard InChI is InChI=1S/C18H16ClF2N3O2S/c1-11-18(23-27(25,26)17-8-7-15(20)9-16(17)21)12(2)24(22-11)10-13-3-5-14(19)6-4-13/h3-9,23H,10H2,1-2H3. The van der Waals surface area contributed by atoms with E-state index in [9.17, 15) is 17.2 Å². The monoisotopic (exact) mass is 411 g/mol. The minimum absolute atomic E-state index is 0.257. The molecule has 5 nitrogen and oxygen atoms in total. The Morgan fingerprint density at radius 1 is 1.11 bits per heavy atom. The predicted octanol–water partition coefficient (Wildman–Crippen LogP) is 4.28. The fourth-order valence-electron chi connectivity index (χ4n) is 2.64. The van der Waals surface area contributed by atoms with E-state index in [1.807, 2.05) is 12.1 Å². The van der Waals surface area contributed by atoms with Crippen LogP contribution < -0.4 is 4.72 Å². The van der Waals surface area contributed by atoms with Crippen LogP contribution in [0.15, 0.2) is 47.4 Å². The summed E-state index contributed by atoms with van der Waals surface area (Å²) in [5.74, 6) is -2.01. The van der Waals surface area contributed by atoms with Crippen molar-refractivity contribution < 1.29 is 17.2 Å². The van der Waals surface area contributed by atoms with Crippen molar-refractivity contribution in [3.05, 3.63) is 76.1 Å². The maximum Gasteiger partial charge on any atom is 0.264 e. The summed E-state index contributed by atoms with van der Waals surface area (Å²) in [7, 11) is -4.23. The van der Waals surface area contributed by atoms with Crippen molar-refractivity contribution >= 4 is 27.3 Å². The molecule has 0 saturated heterocycles. The predicted molar refractivity (Wildman–Crippen MR) is 99.4 cm³/mol. The van der Waals surface area contributed by atoms with Crippen LogP contribution in [-0.4, -0.2) is 18.2 Å². The molecule has 9 heteroatoms. The van der Waals surface area contributed by atoms with E-state index in [4.69, 9.17) is 11.6 Å². The third kappa shape index (κ3) is 4.12. The summed E-state index contributed by atoms with van der Waals surface area (Å²) in [5.41, 5.74) is 2.19. The van der Waals surface area contributed by atoms with Crippen molar-refractivity contribution in [3.8, 4) is 0 Å². The molecule has 0 fully saturated rings. The molecule has 0 aliphatic rings. The first kappa shape index (κ1) is 19.3. The molecule has 0 unspecified atom stereocenters. The molecule has 1 heterocycles. The van der Waals surface area contributed by atoms with Gasteiger partial charge < -0.3 is 0 Å². The topological polar surface area (TPSA) is 64.0 Å². The van der Waals surface area contributed by atoms with Gasteiger partial charge in [0, 0.05) is 11.1 Å². The fourth-order valence-corrected chi connectivity index (χ4v) is 4.01. The number of aromatic nitrogens is 2. The smallest absolute Gasteiger partial charge is 0.264 e. The molecule has 3 rings (SSSR count). The molecule has 0 aliphatic heterocycles. The van der Waals surface area contributed by atoms with Crippen LogP contribution >= 0.6 is 11.6 Å². The Morgan fingerprint density at radius 3 is 2.41 bits per heavy atom. The maximum absolute atomic E-state index is 13.9. The molecule has 2 aromatic carbocycles. The molecule has 1 N–H and O–H groups in total. The molecule has 3 aromatic rings. The number of benzene rings is 2. The third-order valence-corrected chi connectivity index (χ3v) is 5.68. The van der Waals surface area contributed by atoms with Crippen molar-refractivity contribution in [2.75, 3.05) is 4.72 Å². The Balaban J connectivity index is 1.91. The summed E-state index contributed by atoms with van der Waals surface area (Å²) in [6, 6.07) is 9.50. The highest BCUT2D eigenvalue weighted by Crippen LogP contribution is 2.25. The van der Waals surface area contributed by atoms with Crippen LogP contribution in [0.2, 0.25) is 5.02 Å². The van der Waals surface area contributed by atoms with E-state index in [0.29, 0.717) is 29.0 Å². The normalized spacial score (nSPS) is 11.6. The lowest BCUT2D eigenvalue weighted by Crippen LogP contribution is -2.16. The van der Waals surface area contributed by atoms with E-state index >= 15 is 0 Å². The number of halogens is 3. The Hall–Kier alpha value is -2.45. The minimum Gasteiger partial charge on any atom is -0.276 e. The molecule has 0 saturated carbocycles. The summed E-state index contributed by atoms with van der Waals surface area (Å²) in [5, 5.41) is 4.96. The highest BCUT2D eigenvalue weighted by molar-refractivity contribution is 7.92. The van der Waals surface area contributed by atoms with Gasteiger partial charge in [-0.2, -0.15) is 5.10 Å². The zero-order valence-corrected chi connectivity index (χ0v) is 16.1. The lowest BCUT2D eigenvalue weighted by molar-refractivity contribution is 0.551. The Bertz CT molecular complexity index is 1100. The summed E-state index contributed by atoms with van der Waals surface area (Å²) >= 11 is 5.88. The van der Waals surface area contributed by atoms with Crippen LogP contribution in [0.3, 0.4) is 0 Å². The van der Waals surface area contributed by atoms with Gasteiger partial charge in [-0.15, -0.1) is 0 Å². The van der Waals surface area contributed by atoms with Crippen molar-refractivity contribution in [1.82, 2.24) is 9.78 Å². The first-order valence-electron chi connectivity index (χ1n) is 7.93. The number of anilines is 1. The summed E-state index contributed by atoms with van der Waals surface area (Å²) in [6.45, 7) is 3.76. The number of sulfonamides is 1. The van der Waals surface area contributed by atoms with E-state index in [0.717, 1.165) is 17.7 Å². The maximum atomic E-state index is 13.9.